The Bertz CT molecular complexity index is 880. The highest BCUT2D eigenvalue weighted by molar-refractivity contribution is 9.10. The average molecular weight is 412 g/mol. The third kappa shape index (κ3) is 4.71. The van der Waals surface area contributed by atoms with Gasteiger partial charge in [-0.1, -0.05) is 58.4 Å². The topological polar surface area (TPSA) is 58.6 Å². The molecule has 0 unspecified atom stereocenters. The highest BCUT2D eigenvalue weighted by atomic mass is 79.9. The quantitative estimate of drug-likeness (QED) is 0.621. The number of aliphatic hydroxyl groups is 1. The SMILES string of the molecule is O=C(COc1ccc(Br)cc1CO)Nc1ccc(-c2ccccc2)cc1. The molecule has 0 fully saturated rings. The van der Waals surface area contributed by atoms with Crippen molar-refractivity contribution in [2.75, 3.05) is 11.9 Å². The lowest BCUT2D eigenvalue weighted by Crippen LogP contribution is -2.20. The van der Waals surface area contributed by atoms with E-state index in [1.54, 1.807) is 18.2 Å². The van der Waals surface area contributed by atoms with Crippen molar-refractivity contribution in [1.29, 1.82) is 0 Å². The summed E-state index contributed by atoms with van der Waals surface area (Å²) in [5.41, 5.74) is 3.54. The van der Waals surface area contributed by atoms with Crippen molar-refractivity contribution < 1.29 is 14.6 Å². The fraction of sp³-hybridized carbons (Fsp3) is 0.0952. The van der Waals surface area contributed by atoms with Gasteiger partial charge in [-0.15, -0.1) is 0 Å². The second kappa shape index (κ2) is 8.65. The van der Waals surface area contributed by atoms with Crippen LogP contribution in [0.25, 0.3) is 11.1 Å². The number of aliphatic hydroxyl groups excluding tert-OH is 1. The zero-order valence-corrected chi connectivity index (χ0v) is 15.6. The van der Waals surface area contributed by atoms with Crippen molar-refractivity contribution in [3.63, 3.8) is 0 Å². The number of anilines is 1. The minimum atomic E-state index is -0.260. The number of ether oxygens (including phenoxy) is 1. The molecule has 0 aromatic heterocycles. The molecule has 0 heterocycles. The van der Waals surface area contributed by atoms with Gasteiger partial charge in [0.1, 0.15) is 5.75 Å². The van der Waals surface area contributed by atoms with Crippen LogP contribution >= 0.6 is 15.9 Å². The van der Waals surface area contributed by atoms with E-state index < -0.39 is 0 Å². The fourth-order valence-corrected chi connectivity index (χ4v) is 2.94. The van der Waals surface area contributed by atoms with Crippen molar-refractivity contribution in [3.05, 3.63) is 82.8 Å². The minimum Gasteiger partial charge on any atom is -0.483 e. The molecule has 1 amide bonds. The van der Waals surface area contributed by atoms with Crippen LogP contribution in [0.4, 0.5) is 5.69 Å². The zero-order chi connectivity index (χ0) is 18.4. The molecule has 0 atom stereocenters. The van der Waals surface area contributed by atoms with E-state index in [1.165, 1.54) is 0 Å². The van der Waals surface area contributed by atoms with Gasteiger partial charge in [0.05, 0.1) is 6.61 Å². The van der Waals surface area contributed by atoms with Gasteiger partial charge < -0.3 is 15.2 Å². The van der Waals surface area contributed by atoms with Crippen molar-refractivity contribution in [3.8, 4) is 16.9 Å². The molecule has 4 nitrogen and oxygen atoms in total. The molecule has 26 heavy (non-hydrogen) atoms. The number of nitrogens with one attached hydrogen (secondary N) is 1. The predicted octanol–water partition coefficient (Wildman–Crippen LogP) is 4.63. The van der Waals surface area contributed by atoms with Crippen LogP contribution in [0.3, 0.4) is 0 Å². The normalized spacial score (nSPS) is 10.4. The van der Waals surface area contributed by atoms with Crippen LogP contribution in [-0.4, -0.2) is 17.6 Å². The standard InChI is InChI=1S/C21H18BrNO3/c22-18-8-11-20(17(12-18)13-24)26-14-21(25)23-19-9-6-16(7-10-19)15-4-2-1-3-5-15/h1-12,24H,13-14H2,(H,23,25). The maximum Gasteiger partial charge on any atom is 0.262 e. The summed E-state index contributed by atoms with van der Waals surface area (Å²) in [6.07, 6.45) is 0. The number of amides is 1. The first-order chi connectivity index (χ1) is 12.7. The number of rotatable bonds is 6. The number of hydrogen-bond donors (Lipinski definition) is 2. The first-order valence-electron chi connectivity index (χ1n) is 8.13. The monoisotopic (exact) mass is 411 g/mol. The number of carbonyl (C=O) groups is 1. The van der Waals surface area contributed by atoms with Gasteiger partial charge in [0.2, 0.25) is 0 Å². The van der Waals surface area contributed by atoms with Crippen LogP contribution in [0.2, 0.25) is 0 Å². The highest BCUT2D eigenvalue weighted by Crippen LogP contribution is 2.24. The number of carbonyl (C=O) groups excluding carboxylic acids is 1. The summed E-state index contributed by atoms with van der Waals surface area (Å²) in [6, 6.07) is 23.0. The summed E-state index contributed by atoms with van der Waals surface area (Å²) in [6.45, 7) is -0.285. The molecule has 3 aromatic rings. The molecule has 0 spiro atoms. The first kappa shape index (κ1) is 18.2. The Morgan fingerprint density at radius 1 is 0.962 bits per heavy atom. The molecule has 3 rings (SSSR count). The Balaban J connectivity index is 1.58. The largest absolute Gasteiger partial charge is 0.483 e. The van der Waals surface area contributed by atoms with E-state index >= 15 is 0 Å². The van der Waals surface area contributed by atoms with Gasteiger partial charge in [0, 0.05) is 15.7 Å². The molecular formula is C21H18BrNO3. The van der Waals surface area contributed by atoms with Crippen molar-refractivity contribution in [1.82, 2.24) is 0 Å². The number of benzene rings is 3. The van der Waals surface area contributed by atoms with E-state index in [2.05, 4.69) is 21.2 Å². The lowest BCUT2D eigenvalue weighted by Gasteiger charge is -2.11. The molecule has 0 saturated heterocycles. The molecule has 132 valence electrons. The maximum absolute atomic E-state index is 12.1. The van der Waals surface area contributed by atoms with Crippen LogP contribution in [0.1, 0.15) is 5.56 Å². The lowest BCUT2D eigenvalue weighted by atomic mass is 10.1. The van der Waals surface area contributed by atoms with Gasteiger partial charge in [0.15, 0.2) is 6.61 Å². The Kier molecular flexibility index (Phi) is 6.04. The number of hydrogen-bond acceptors (Lipinski definition) is 3. The summed E-state index contributed by atoms with van der Waals surface area (Å²) in [5, 5.41) is 12.2. The average Bonchev–Trinajstić information content (AvgIpc) is 2.68. The first-order valence-corrected chi connectivity index (χ1v) is 8.92. The van der Waals surface area contributed by atoms with Gasteiger partial charge in [-0.05, 0) is 41.5 Å². The second-order valence-corrected chi connectivity index (χ2v) is 6.61. The van der Waals surface area contributed by atoms with Crippen molar-refractivity contribution in [2.24, 2.45) is 0 Å². The van der Waals surface area contributed by atoms with Gasteiger partial charge in [-0.25, -0.2) is 0 Å². The van der Waals surface area contributed by atoms with Gasteiger partial charge in [-0.2, -0.15) is 0 Å². The Hall–Kier alpha value is -2.63. The molecule has 0 saturated carbocycles. The summed E-state index contributed by atoms with van der Waals surface area (Å²) in [5.74, 6) is 0.231. The van der Waals surface area contributed by atoms with E-state index in [0.29, 0.717) is 17.0 Å². The van der Waals surface area contributed by atoms with Crippen LogP contribution in [0.5, 0.6) is 5.75 Å². The van der Waals surface area contributed by atoms with E-state index in [0.717, 1.165) is 15.6 Å². The van der Waals surface area contributed by atoms with Gasteiger partial charge >= 0.3 is 0 Å². The smallest absolute Gasteiger partial charge is 0.262 e. The van der Waals surface area contributed by atoms with Crippen LogP contribution < -0.4 is 10.1 Å². The van der Waals surface area contributed by atoms with Crippen molar-refractivity contribution in [2.45, 2.75) is 6.61 Å². The van der Waals surface area contributed by atoms with E-state index in [-0.39, 0.29) is 19.1 Å². The third-order valence-electron chi connectivity index (χ3n) is 3.83. The molecule has 0 radical (unpaired) electrons. The minimum absolute atomic E-state index is 0.130. The Morgan fingerprint density at radius 2 is 1.65 bits per heavy atom. The fourth-order valence-electron chi connectivity index (χ4n) is 2.53. The van der Waals surface area contributed by atoms with Crippen LogP contribution in [0.15, 0.2) is 77.3 Å². The highest BCUT2D eigenvalue weighted by Gasteiger charge is 2.08. The molecule has 5 heteroatoms. The molecule has 0 aliphatic heterocycles. The van der Waals surface area contributed by atoms with Gasteiger partial charge in [0.25, 0.3) is 5.91 Å². The van der Waals surface area contributed by atoms with Crippen LogP contribution in [-0.2, 0) is 11.4 Å². The Morgan fingerprint density at radius 3 is 2.35 bits per heavy atom. The van der Waals surface area contributed by atoms with E-state index in [9.17, 15) is 9.90 Å². The summed E-state index contributed by atoms with van der Waals surface area (Å²) in [7, 11) is 0. The molecule has 0 aliphatic carbocycles. The second-order valence-electron chi connectivity index (χ2n) is 5.69. The van der Waals surface area contributed by atoms with Crippen LogP contribution in [0, 0.1) is 0 Å². The molecular weight excluding hydrogens is 394 g/mol. The molecule has 0 bridgehead atoms. The number of halogens is 1. The van der Waals surface area contributed by atoms with Crippen molar-refractivity contribution >= 4 is 27.5 Å². The van der Waals surface area contributed by atoms with E-state index in [1.807, 2.05) is 54.6 Å². The summed E-state index contributed by atoms with van der Waals surface area (Å²) >= 11 is 3.34. The third-order valence-corrected chi connectivity index (χ3v) is 4.32. The van der Waals surface area contributed by atoms with Gasteiger partial charge in [-0.3, -0.25) is 4.79 Å². The molecule has 3 aromatic carbocycles. The Labute approximate surface area is 160 Å². The van der Waals surface area contributed by atoms with E-state index in [4.69, 9.17) is 4.74 Å². The maximum atomic E-state index is 12.1. The molecule has 0 aliphatic rings. The molecule has 2 N–H and O–H groups in total. The predicted molar refractivity (Wildman–Crippen MR) is 106 cm³/mol. The lowest BCUT2D eigenvalue weighted by molar-refractivity contribution is -0.118. The zero-order valence-electron chi connectivity index (χ0n) is 14.0. The summed E-state index contributed by atoms with van der Waals surface area (Å²) in [4.78, 5) is 12.1. The summed E-state index contributed by atoms with van der Waals surface area (Å²) < 4.78 is 6.36.